The Labute approximate surface area is 235 Å². The first-order valence-electron chi connectivity index (χ1n) is 15.9. The van der Waals surface area contributed by atoms with E-state index in [0.717, 1.165) is 74.5 Å². The molecule has 0 N–H and O–H groups in total. The second kappa shape index (κ2) is 20.0. The van der Waals surface area contributed by atoms with Gasteiger partial charge in [0.25, 0.3) is 0 Å². The monoisotopic (exact) mass is 526 g/mol. The zero-order chi connectivity index (χ0) is 28.3. The maximum atomic E-state index is 11.8. The molecule has 1 fully saturated rings. The number of hydrogen-bond donors (Lipinski definition) is 0. The van der Waals surface area contributed by atoms with E-state index in [0.29, 0.717) is 6.10 Å². The molecule has 0 amide bonds. The largest absolute Gasteiger partial charge is 0.493 e. The van der Waals surface area contributed by atoms with Gasteiger partial charge in [-0.25, -0.2) is 0 Å². The molecule has 1 aromatic carbocycles. The number of allylic oxidation sites excluding steroid dienone is 4. The molecule has 0 bridgehead atoms. The van der Waals surface area contributed by atoms with Crippen LogP contribution in [0.15, 0.2) is 35.4 Å². The molecule has 3 nitrogen and oxygen atoms in total. The third-order valence-corrected chi connectivity index (χ3v) is 7.26. The number of Topliss-reactive ketones (excluding diaryl/α,β-unsaturated/α-hetero) is 1. The van der Waals surface area contributed by atoms with Gasteiger partial charge in [0.05, 0.1) is 12.7 Å². The number of unbranched alkanes of at least 4 members (excludes halogenated alkanes) is 2. The highest BCUT2D eigenvalue weighted by Crippen LogP contribution is 2.38. The lowest BCUT2D eigenvalue weighted by molar-refractivity contribution is -0.113. The number of aryl methyl sites for hydroxylation is 1. The number of fused-ring (bicyclic) bond motifs is 1. The Kier molecular flexibility index (Phi) is 17.9. The van der Waals surface area contributed by atoms with E-state index in [9.17, 15) is 4.79 Å². The van der Waals surface area contributed by atoms with E-state index in [4.69, 9.17) is 9.47 Å². The predicted octanol–water partition coefficient (Wildman–Crippen LogP) is 10.4. The number of carbonyl (C=O) groups is 1. The molecular formula is C35H58O3. The van der Waals surface area contributed by atoms with Crippen LogP contribution in [0.25, 0.3) is 0 Å². The quantitative estimate of drug-likeness (QED) is 0.129. The minimum atomic E-state index is 0.196. The molecule has 1 unspecified atom stereocenters. The van der Waals surface area contributed by atoms with Gasteiger partial charge < -0.3 is 9.47 Å². The van der Waals surface area contributed by atoms with E-state index >= 15 is 0 Å². The van der Waals surface area contributed by atoms with Crippen molar-refractivity contribution in [3.05, 3.63) is 46.6 Å². The Bertz CT molecular complexity index is 860. The summed E-state index contributed by atoms with van der Waals surface area (Å²) in [5.41, 5.74) is 5.04. The molecule has 3 heteroatoms. The topological polar surface area (TPSA) is 35.5 Å². The lowest BCUT2D eigenvalue weighted by atomic mass is 9.97. The van der Waals surface area contributed by atoms with Crippen molar-refractivity contribution < 1.29 is 14.3 Å². The van der Waals surface area contributed by atoms with E-state index in [1.807, 2.05) is 27.7 Å². The summed E-state index contributed by atoms with van der Waals surface area (Å²) in [4.78, 5) is 11.8. The Balaban J connectivity index is 0.00000172. The van der Waals surface area contributed by atoms with Gasteiger partial charge >= 0.3 is 0 Å². The third kappa shape index (κ3) is 12.2. The molecule has 0 spiro atoms. The van der Waals surface area contributed by atoms with Gasteiger partial charge in [-0.15, -0.1) is 0 Å². The Hall–Kier alpha value is -2.03. The predicted molar refractivity (Wildman–Crippen MR) is 165 cm³/mol. The van der Waals surface area contributed by atoms with Gasteiger partial charge in [0.2, 0.25) is 0 Å². The summed E-state index contributed by atoms with van der Waals surface area (Å²) < 4.78 is 12.5. The molecule has 2 aliphatic rings. The maximum Gasteiger partial charge on any atom is 0.155 e. The molecule has 0 radical (unpaired) electrons. The SMILES string of the molecule is CC.CC.CCCc1c(OCCCCC/C(=C/C=C(\CC)C(C)=O)CCC2CC2)ccc2c1OC(C)CC2. The number of ether oxygens (including phenoxy) is 2. The standard InChI is InChI=1S/C31H46O3.2C2H6/c1-5-10-29-30(21-20-28-18-12-23(3)34-31(28)29)33-22-9-7-8-11-25(13-14-26-15-16-26)17-19-27(6-2)24(4)32;2*1-2/h17,19-21,23,26H,5-16,18,22H2,1-4H3;2*1-2H3/b25-17-,27-19+;;. The van der Waals surface area contributed by atoms with E-state index in [2.05, 4.69) is 45.1 Å². The van der Waals surface area contributed by atoms with E-state index in [1.165, 1.54) is 55.2 Å². The highest BCUT2D eigenvalue weighted by molar-refractivity contribution is 5.93. The zero-order valence-electron chi connectivity index (χ0n) is 26.1. The molecule has 1 aliphatic carbocycles. The fraction of sp³-hybridized carbons (Fsp3) is 0.686. The second-order valence-corrected chi connectivity index (χ2v) is 10.3. The first-order valence-corrected chi connectivity index (χ1v) is 15.9. The van der Waals surface area contributed by atoms with Crippen molar-refractivity contribution in [1.82, 2.24) is 0 Å². The highest BCUT2D eigenvalue weighted by Gasteiger charge is 2.22. The smallest absolute Gasteiger partial charge is 0.155 e. The molecule has 3 rings (SSSR count). The summed E-state index contributed by atoms with van der Waals surface area (Å²) in [6.45, 7) is 16.9. The minimum absolute atomic E-state index is 0.196. The van der Waals surface area contributed by atoms with Crippen LogP contribution in [0.4, 0.5) is 0 Å². The lowest BCUT2D eigenvalue weighted by Crippen LogP contribution is -2.20. The normalized spacial score (nSPS) is 16.8. The number of rotatable bonds is 15. The number of carbonyl (C=O) groups excluding carboxylic acids is 1. The minimum Gasteiger partial charge on any atom is -0.493 e. The Morgan fingerprint density at radius 3 is 2.37 bits per heavy atom. The van der Waals surface area contributed by atoms with Crippen LogP contribution in [0.3, 0.4) is 0 Å². The van der Waals surface area contributed by atoms with E-state index < -0.39 is 0 Å². The number of benzene rings is 1. The molecule has 1 aromatic rings. The van der Waals surface area contributed by atoms with Gasteiger partial charge in [0.1, 0.15) is 11.5 Å². The number of ketones is 1. The van der Waals surface area contributed by atoms with Crippen molar-refractivity contribution in [2.75, 3.05) is 6.61 Å². The Morgan fingerprint density at radius 1 is 1.00 bits per heavy atom. The fourth-order valence-electron chi connectivity index (χ4n) is 4.85. The molecule has 216 valence electrons. The summed E-state index contributed by atoms with van der Waals surface area (Å²) in [7, 11) is 0. The molecule has 0 saturated heterocycles. The molecule has 1 atom stereocenters. The van der Waals surface area contributed by atoms with Gasteiger partial charge in [0.15, 0.2) is 5.78 Å². The van der Waals surface area contributed by atoms with Gasteiger partial charge in [-0.1, -0.05) is 84.6 Å². The first kappa shape index (κ1) is 34.0. The second-order valence-electron chi connectivity index (χ2n) is 10.3. The van der Waals surface area contributed by atoms with Crippen molar-refractivity contribution in [2.24, 2.45) is 5.92 Å². The van der Waals surface area contributed by atoms with Crippen LogP contribution < -0.4 is 9.47 Å². The van der Waals surface area contributed by atoms with Crippen LogP contribution in [0.5, 0.6) is 11.5 Å². The van der Waals surface area contributed by atoms with Crippen molar-refractivity contribution in [3.63, 3.8) is 0 Å². The van der Waals surface area contributed by atoms with Crippen LogP contribution in [0, 0.1) is 5.92 Å². The van der Waals surface area contributed by atoms with Crippen LogP contribution in [0.1, 0.15) is 137 Å². The Morgan fingerprint density at radius 2 is 1.74 bits per heavy atom. The van der Waals surface area contributed by atoms with Gasteiger partial charge in [0, 0.05) is 5.56 Å². The zero-order valence-corrected chi connectivity index (χ0v) is 26.1. The third-order valence-electron chi connectivity index (χ3n) is 7.26. The van der Waals surface area contributed by atoms with E-state index in [-0.39, 0.29) is 5.78 Å². The van der Waals surface area contributed by atoms with Crippen LogP contribution in [0.2, 0.25) is 0 Å². The summed E-state index contributed by atoms with van der Waals surface area (Å²) >= 11 is 0. The van der Waals surface area contributed by atoms with Gasteiger partial charge in [-0.05, 0) is 101 Å². The average molecular weight is 527 g/mol. The maximum absolute atomic E-state index is 11.8. The summed E-state index contributed by atoms with van der Waals surface area (Å²) in [6.07, 6.45) is 19.6. The molecule has 1 aliphatic heterocycles. The van der Waals surface area contributed by atoms with Crippen LogP contribution in [-0.4, -0.2) is 18.5 Å². The highest BCUT2D eigenvalue weighted by atomic mass is 16.5. The van der Waals surface area contributed by atoms with Gasteiger partial charge in [-0.3, -0.25) is 4.79 Å². The molecule has 1 heterocycles. The molecule has 38 heavy (non-hydrogen) atoms. The lowest BCUT2D eigenvalue weighted by Gasteiger charge is -2.27. The van der Waals surface area contributed by atoms with Crippen molar-refractivity contribution in [1.29, 1.82) is 0 Å². The average Bonchev–Trinajstić information content (AvgIpc) is 3.77. The van der Waals surface area contributed by atoms with E-state index in [1.54, 1.807) is 6.92 Å². The summed E-state index contributed by atoms with van der Waals surface area (Å²) in [5, 5.41) is 0. The van der Waals surface area contributed by atoms with Gasteiger partial charge in [-0.2, -0.15) is 0 Å². The van der Waals surface area contributed by atoms with Crippen molar-refractivity contribution >= 4 is 5.78 Å². The van der Waals surface area contributed by atoms with Crippen molar-refractivity contribution in [3.8, 4) is 11.5 Å². The van der Waals surface area contributed by atoms with Crippen LogP contribution in [-0.2, 0) is 17.6 Å². The fourth-order valence-corrected chi connectivity index (χ4v) is 4.85. The first-order chi connectivity index (χ1) is 18.5. The molecular weight excluding hydrogens is 468 g/mol. The van der Waals surface area contributed by atoms with Crippen molar-refractivity contribution in [2.45, 2.75) is 145 Å². The molecule has 0 aromatic heterocycles. The summed E-state index contributed by atoms with van der Waals surface area (Å²) in [6, 6.07) is 4.36. The molecule has 1 saturated carbocycles. The summed E-state index contributed by atoms with van der Waals surface area (Å²) in [5.74, 6) is 3.25. The number of hydrogen-bond acceptors (Lipinski definition) is 3. The van der Waals surface area contributed by atoms with Crippen LogP contribution >= 0.6 is 0 Å².